The number of hydrogen-bond acceptors (Lipinski definition) is 5. The van der Waals surface area contributed by atoms with Crippen LogP contribution in [0, 0.1) is 11.3 Å². The van der Waals surface area contributed by atoms with Gasteiger partial charge in [-0.15, -0.1) is 0 Å². The van der Waals surface area contributed by atoms with Gasteiger partial charge in [-0.2, -0.15) is 5.26 Å². The van der Waals surface area contributed by atoms with Crippen molar-refractivity contribution in [1.82, 2.24) is 4.90 Å². The highest BCUT2D eigenvalue weighted by Gasteiger charge is 2.24. The number of carbonyl (C=O) groups is 1. The van der Waals surface area contributed by atoms with Gasteiger partial charge in [0.2, 0.25) is 0 Å². The Morgan fingerprint density at radius 2 is 1.67 bits per heavy atom. The van der Waals surface area contributed by atoms with Crippen LogP contribution in [0.3, 0.4) is 0 Å². The Labute approximate surface area is 163 Å². The molecule has 0 aliphatic carbocycles. The lowest BCUT2D eigenvalue weighted by Crippen LogP contribution is -2.49. The van der Waals surface area contributed by atoms with Crippen LogP contribution in [0.5, 0.6) is 11.5 Å². The van der Waals surface area contributed by atoms with Gasteiger partial charge in [-0.25, -0.2) is 0 Å². The number of rotatable bonds is 4. The van der Waals surface area contributed by atoms with E-state index in [4.69, 9.17) is 21.1 Å². The number of hydrogen-bond donors (Lipinski definition) is 0. The molecule has 7 heteroatoms. The molecule has 0 N–H and O–H groups in total. The summed E-state index contributed by atoms with van der Waals surface area (Å²) in [6, 6.07) is 12.6. The van der Waals surface area contributed by atoms with Crippen LogP contribution in [-0.4, -0.2) is 51.2 Å². The fourth-order valence-corrected chi connectivity index (χ4v) is 3.31. The van der Waals surface area contributed by atoms with Crippen molar-refractivity contribution in [3.8, 4) is 17.6 Å². The number of nitrogens with zero attached hydrogens (tertiary/aromatic N) is 3. The number of methoxy groups -OCH3 is 2. The summed E-state index contributed by atoms with van der Waals surface area (Å²) in [6.45, 7) is 2.41. The molecule has 1 amide bonds. The van der Waals surface area contributed by atoms with E-state index in [1.165, 1.54) is 0 Å². The van der Waals surface area contributed by atoms with Gasteiger partial charge in [0.25, 0.3) is 5.91 Å². The Morgan fingerprint density at radius 1 is 1.04 bits per heavy atom. The first kappa shape index (κ1) is 18.9. The van der Waals surface area contributed by atoms with Crippen molar-refractivity contribution in [2.75, 3.05) is 45.3 Å². The van der Waals surface area contributed by atoms with Gasteiger partial charge in [0.05, 0.1) is 25.5 Å². The highest BCUT2D eigenvalue weighted by Crippen LogP contribution is 2.26. The second-order valence-corrected chi connectivity index (χ2v) is 6.59. The van der Waals surface area contributed by atoms with E-state index in [0.717, 1.165) is 5.69 Å². The third kappa shape index (κ3) is 4.09. The molecule has 0 radical (unpaired) electrons. The second kappa shape index (κ2) is 8.19. The zero-order chi connectivity index (χ0) is 19.4. The molecule has 2 aromatic rings. The van der Waals surface area contributed by atoms with Crippen LogP contribution >= 0.6 is 11.6 Å². The van der Waals surface area contributed by atoms with Gasteiger partial charge in [0.1, 0.15) is 17.6 Å². The molecule has 2 aromatic carbocycles. The second-order valence-electron chi connectivity index (χ2n) is 6.15. The van der Waals surface area contributed by atoms with Gasteiger partial charge in [-0.05, 0) is 30.3 Å². The quantitative estimate of drug-likeness (QED) is 0.808. The number of carbonyl (C=O) groups excluding carboxylic acids is 1. The maximum absolute atomic E-state index is 12.9. The number of piperazine rings is 1. The van der Waals surface area contributed by atoms with Crippen LogP contribution in [0.1, 0.15) is 15.9 Å². The van der Waals surface area contributed by atoms with Gasteiger partial charge in [-0.1, -0.05) is 11.6 Å². The molecule has 1 aliphatic heterocycles. The van der Waals surface area contributed by atoms with Crippen LogP contribution < -0.4 is 14.4 Å². The van der Waals surface area contributed by atoms with E-state index in [-0.39, 0.29) is 5.91 Å². The van der Waals surface area contributed by atoms with Crippen molar-refractivity contribution in [1.29, 1.82) is 5.26 Å². The minimum absolute atomic E-state index is 0.0662. The zero-order valence-electron chi connectivity index (χ0n) is 15.2. The predicted molar refractivity (Wildman–Crippen MR) is 104 cm³/mol. The number of benzene rings is 2. The Hall–Kier alpha value is -2.91. The topological polar surface area (TPSA) is 65.8 Å². The Bertz CT molecular complexity index is 864. The van der Waals surface area contributed by atoms with E-state index in [1.807, 2.05) is 6.07 Å². The molecule has 27 heavy (non-hydrogen) atoms. The SMILES string of the molecule is COc1cc(OC)cc(C(=O)N2CCN(c3ccc(Cl)cc3C#N)CC2)c1. The summed E-state index contributed by atoms with van der Waals surface area (Å²) in [6.07, 6.45) is 0. The number of anilines is 1. The predicted octanol–water partition coefficient (Wildman–Crippen LogP) is 3.19. The highest BCUT2D eigenvalue weighted by molar-refractivity contribution is 6.30. The van der Waals surface area contributed by atoms with Crippen LogP contribution in [0.25, 0.3) is 0 Å². The molecule has 1 fully saturated rings. The van der Waals surface area contributed by atoms with Crippen molar-refractivity contribution in [2.24, 2.45) is 0 Å². The molecule has 140 valence electrons. The summed E-state index contributed by atoms with van der Waals surface area (Å²) in [5.74, 6) is 1.09. The summed E-state index contributed by atoms with van der Waals surface area (Å²) < 4.78 is 10.5. The smallest absolute Gasteiger partial charge is 0.254 e. The molecule has 0 atom stereocenters. The maximum Gasteiger partial charge on any atom is 0.254 e. The average molecular weight is 386 g/mol. The molecule has 0 bridgehead atoms. The Kier molecular flexibility index (Phi) is 5.72. The summed E-state index contributed by atoms with van der Waals surface area (Å²) in [5, 5.41) is 9.88. The highest BCUT2D eigenvalue weighted by atomic mass is 35.5. The lowest BCUT2D eigenvalue weighted by atomic mass is 10.1. The first-order chi connectivity index (χ1) is 13.0. The largest absolute Gasteiger partial charge is 0.497 e. The van der Waals surface area contributed by atoms with Crippen LogP contribution in [0.4, 0.5) is 5.69 Å². The van der Waals surface area contributed by atoms with Gasteiger partial charge < -0.3 is 19.3 Å². The standard InChI is InChI=1S/C20H20ClN3O3/c1-26-17-10-14(11-18(12-17)27-2)20(25)24-7-5-23(6-8-24)19-4-3-16(21)9-15(19)13-22/h3-4,9-12H,5-8H2,1-2H3. The fourth-order valence-electron chi connectivity index (χ4n) is 3.14. The van der Waals surface area contributed by atoms with Crippen LogP contribution in [-0.2, 0) is 0 Å². The summed E-state index contributed by atoms with van der Waals surface area (Å²) in [4.78, 5) is 16.8. The van der Waals surface area contributed by atoms with Gasteiger partial charge in [0, 0.05) is 42.8 Å². The van der Waals surface area contributed by atoms with Crippen LogP contribution in [0.2, 0.25) is 5.02 Å². The molecular formula is C20H20ClN3O3. The molecule has 0 unspecified atom stereocenters. The first-order valence-corrected chi connectivity index (χ1v) is 8.90. The minimum atomic E-state index is -0.0662. The maximum atomic E-state index is 12.9. The molecule has 3 rings (SSSR count). The molecule has 1 saturated heterocycles. The summed E-state index contributed by atoms with van der Waals surface area (Å²) >= 11 is 5.97. The Morgan fingerprint density at radius 3 is 2.22 bits per heavy atom. The number of amides is 1. The molecule has 0 saturated carbocycles. The Balaban J connectivity index is 1.73. The number of nitriles is 1. The van der Waals surface area contributed by atoms with Crippen molar-refractivity contribution in [3.63, 3.8) is 0 Å². The summed E-state index contributed by atoms with van der Waals surface area (Å²) in [7, 11) is 3.11. The number of ether oxygens (including phenoxy) is 2. The van der Waals surface area contributed by atoms with E-state index < -0.39 is 0 Å². The molecule has 1 heterocycles. The van der Waals surface area contributed by atoms with E-state index in [9.17, 15) is 10.1 Å². The fraction of sp³-hybridized carbons (Fsp3) is 0.300. The minimum Gasteiger partial charge on any atom is -0.497 e. The molecule has 6 nitrogen and oxygen atoms in total. The van der Waals surface area contributed by atoms with Crippen molar-refractivity contribution in [3.05, 3.63) is 52.5 Å². The van der Waals surface area contributed by atoms with Gasteiger partial charge in [0.15, 0.2) is 0 Å². The molecule has 0 spiro atoms. The lowest BCUT2D eigenvalue weighted by Gasteiger charge is -2.36. The third-order valence-electron chi connectivity index (χ3n) is 4.59. The lowest BCUT2D eigenvalue weighted by molar-refractivity contribution is 0.0746. The van der Waals surface area contributed by atoms with E-state index in [0.29, 0.717) is 53.8 Å². The van der Waals surface area contributed by atoms with Gasteiger partial charge >= 0.3 is 0 Å². The van der Waals surface area contributed by atoms with E-state index in [2.05, 4.69) is 11.0 Å². The molecule has 1 aliphatic rings. The van der Waals surface area contributed by atoms with Crippen LogP contribution in [0.15, 0.2) is 36.4 Å². The average Bonchev–Trinajstić information content (AvgIpc) is 2.72. The van der Waals surface area contributed by atoms with Crippen molar-refractivity contribution in [2.45, 2.75) is 0 Å². The van der Waals surface area contributed by atoms with Crippen molar-refractivity contribution < 1.29 is 14.3 Å². The number of halogens is 1. The van der Waals surface area contributed by atoms with Crippen molar-refractivity contribution >= 4 is 23.2 Å². The van der Waals surface area contributed by atoms with Gasteiger partial charge in [-0.3, -0.25) is 4.79 Å². The first-order valence-electron chi connectivity index (χ1n) is 8.52. The molecular weight excluding hydrogens is 366 g/mol. The molecule has 0 aromatic heterocycles. The third-order valence-corrected chi connectivity index (χ3v) is 4.82. The monoisotopic (exact) mass is 385 g/mol. The van der Waals surface area contributed by atoms with E-state index >= 15 is 0 Å². The zero-order valence-corrected chi connectivity index (χ0v) is 16.0. The summed E-state index contributed by atoms with van der Waals surface area (Å²) in [5.41, 5.74) is 1.92. The van der Waals surface area contributed by atoms with E-state index in [1.54, 1.807) is 49.5 Å². The normalized spacial score (nSPS) is 13.9.